The van der Waals surface area contributed by atoms with Gasteiger partial charge in [0, 0.05) is 0 Å². The van der Waals surface area contributed by atoms with Gasteiger partial charge in [-0.15, -0.1) is 10.2 Å². The van der Waals surface area contributed by atoms with Gasteiger partial charge in [0.05, 0.1) is 16.3 Å². The number of nitrogens with two attached hydrogens (primary N) is 1. The molecular weight excluding hydrogens is 248 g/mol. The highest BCUT2D eigenvalue weighted by Crippen LogP contribution is 2.23. The molecule has 0 unspecified atom stereocenters. The minimum absolute atomic E-state index is 0.256. The third-order valence-corrected chi connectivity index (χ3v) is 2.81. The molecule has 7 heteroatoms. The quantitative estimate of drug-likeness (QED) is 0.804. The number of nitrogens with zero attached hydrogens (tertiary/aromatic N) is 2. The van der Waals surface area contributed by atoms with Gasteiger partial charge < -0.3 is 5.73 Å². The van der Waals surface area contributed by atoms with Crippen LogP contribution in [0.15, 0.2) is 23.7 Å². The number of hydrogen-bond acceptors (Lipinski definition) is 5. The number of anilines is 2. The van der Waals surface area contributed by atoms with Gasteiger partial charge in [0.2, 0.25) is 5.13 Å². The second kappa shape index (κ2) is 4.46. The highest BCUT2D eigenvalue weighted by atomic mass is 35.5. The Morgan fingerprint density at radius 3 is 3.00 bits per heavy atom. The normalized spacial score (nSPS) is 10.1. The molecule has 5 nitrogen and oxygen atoms in total. The van der Waals surface area contributed by atoms with Crippen LogP contribution in [0.1, 0.15) is 10.4 Å². The first-order chi connectivity index (χ1) is 7.68. The van der Waals surface area contributed by atoms with Crippen LogP contribution in [0.5, 0.6) is 0 Å². The molecule has 0 aliphatic carbocycles. The van der Waals surface area contributed by atoms with E-state index in [0.29, 0.717) is 15.7 Å². The van der Waals surface area contributed by atoms with Crippen molar-refractivity contribution in [3.8, 4) is 0 Å². The molecule has 0 aliphatic heterocycles. The lowest BCUT2D eigenvalue weighted by molar-refractivity contribution is 0.102. The average molecular weight is 255 g/mol. The number of carbonyl (C=O) groups excluding carboxylic acids is 1. The Kier molecular flexibility index (Phi) is 3.02. The summed E-state index contributed by atoms with van der Waals surface area (Å²) in [5.74, 6) is -0.350. The summed E-state index contributed by atoms with van der Waals surface area (Å²) in [7, 11) is 0. The molecular formula is C9H7ClN4OS. The second-order valence-electron chi connectivity index (χ2n) is 2.90. The maximum Gasteiger partial charge on any atom is 0.259 e. The van der Waals surface area contributed by atoms with Crippen LogP contribution in [-0.4, -0.2) is 16.1 Å². The second-order valence-corrected chi connectivity index (χ2v) is 4.14. The summed E-state index contributed by atoms with van der Waals surface area (Å²) in [5, 5.41) is 10.6. The predicted octanol–water partition coefficient (Wildman–Crippen LogP) is 2.03. The highest BCUT2D eigenvalue weighted by Gasteiger charge is 2.12. The summed E-state index contributed by atoms with van der Waals surface area (Å²) in [6.07, 6.45) is 0. The zero-order valence-electron chi connectivity index (χ0n) is 7.98. The van der Waals surface area contributed by atoms with Gasteiger partial charge in [-0.3, -0.25) is 10.1 Å². The topological polar surface area (TPSA) is 80.9 Å². The minimum atomic E-state index is -0.350. The number of nitrogens with one attached hydrogen (secondary N) is 1. The van der Waals surface area contributed by atoms with E-state index in [1.165, 1.54) is 16.8 Å². The molecule has 2 aromatic rings. The molecule has 3 N–H and O–H groups in total. The summed E-state index contributed by atoms with van der Waals surface area (Å²) in [6.45, 7) is 0. The van der Waals surface area contributed by atoms with Crippen molar-refractivity contribution in [2.45, 2.75) is 0 Å². The minimum Gasteiger partial charge on any atom is -0.397 e. The maximum atomic E-state index is 11.8. The lowest BCUT2D eigenvalue weighted by atomic mass is 10.1. The van der Waals surface area contributed by atoms with Crippen LogP contribution in [0.4, 0.5) is 10.8 Å². The maximum absolute atomic E-state index is 11.8. The van der Waals surface area contributed by atoms with Crippen LogP contribution >= 0.6 is 22.9 Å². The molecule has 0 spiro atoms. The molecule has 1 amide bonds. The fourth-order valence-electron chi connectivity index (χ4n) is 1.13. The molecule has 1 aromatic heterocycles. The molecule has 0 saturated carbocycles. The summed E-state index contributed by atoms with van der Waals surface area (Å²) in [4.78, 5) is 11.8. The van der Waals surface area contributed by atoms with Gasteiger partial charge in [0.25, 0.3) is 5.91 Å². The Labute approximate surface area is 100 Å². The summed E-state index contributed by atoms with van der Waals surface area (Å²) in [5.41, 5.74) is 7.79. The molecule has 16 heavy (non-hydrogen) atoms. The van der Waals surface area contributed by atoms with E-state index in [2.05, 4.69) is 15.5 Å². The van der Waals surface area contributed by atoms with E-state index in [1.807, 2.05) is 0 Å². The molecule has 82 valence electrons. The Bertz CT molecular complexity index is 514. The van der Waals surface area contributed by atoms with E-state index in [9.17, 15) is 4.79 Å². The third kappa shape index (κ3) is 2.12. The number of rotatable bonds is 2. The van der Waals surface area contributed by atoms with Crippen molar-refractivity contribution in [1.29, 1.82) is 0 Å². The number of amides is 1. The first-order valence-electron chi connectivity index (χ1n) is 4.30. The van der Waals surface area contributed by atoms with E-state index >= 15 is 0 Å². The first-order valence-corrected chi connectivity index (χ1v) is 5.56. The van der Waals surface area contributed by atoms with Crippen molar-refractivity contribution < 1.29 is 4.79 Å². The van der Waals surface area contributed by atoms with Crippen LogP contribution in [0.25, 0.3) is 0 Å². The van der Waals surface area contributed by atoms with Gasteiger partial charge in [0.1, 0.15) is 5.51 Å². The number of benzene rings is 1. The van der Waals surface area contributed by atoms with Gasteiger partial charge in [-0.25, -0.2) is 0 Å². The summed E-state index contributed by atoms with van der Waals surface area (Å²) < 4.78 is 0. The smallest absolute Gasteiger partial charge is 0.259 e. The van der Waals surface area contributed by atoms with Crippen molar-refractivity contribution in [2.75, 3.05) is 11.1 Å². The molecule has 0 fully saturated rings. The van der Waals surface area contributed by atoms with Crippen molar-refractivity contribution in [1.82, 2.24) is 10.2 Å². The fraction of sp³-hybridized carbons (Fsp3) is 0. The number of halogens is 1. The van der Waals surface area contributed by atoms with E-state index in [0.717, 1.165) is 0 Å². The van der Waals surface area contributed by atoms with Crippen molar-refractivity contribution in [3.05, 3.63) is 34.3 Å². The highest BCUT2D eigenvalue weighted by molar-refractivity contribution is 7.13. The van der Waals surface area contributed by atoms with Crippen molar-refractivity contribution in [2.24, 2.45) is 0 Å². The first kappa shape index (κ1) is 10.8. The average Bonchev–Trinajstić information content (AvgIpc) is 2.74. The summed E-state index contributed by atoms with van der Waals surface area (Å²) >= 11 is 7.04. The van der Waals surface area contributed by atoms with Gasteiger partial charge in [-0.05, 0) is 12.1 Å². The summed E-state index contributed by atoms with van der Waals surface area (Å²) in [6, 6.07) is 4.88. The lowest BCUT2D eigenvalue weighted by Crippen LogP contribution is -2.14. The van der Waals surface area contributed by atoms with Gasteiger partial charge in [-0.2, -0.15) is 0 Å². The molecule has 0 bridgehead atoms. The molecule has 2 rings (SSSR count). The molecule has 0 atom stereocenters. The van der Waals surface area contributed by atoms with Crippen molar-refractivity contribution >= 4 is 39.7 Å². The van der Waals surface area contributed by atoms with Crippen LogP contribution in [0, 0.1) is 0 Å². The van der Waals surface area contributed by atoms with Crippen molar-refractivity contribution in [3.63, 3.8) is 0 Å². The number of carbonyl (C=O) groups is 1. The number of hydrogen-bond donors (Lipinski definition) is 2. The molecule has 1 heterocycles. The third-order valence-electron chi connectivity index (χ3n) is 1.88. The molecule has 0 radical (unpaired) electrons. The SMILES string of the molecule is Nc1c(Cl)cccc1C(=O)Nc1nncs1. The fourth-order valence-corrected chi connectivity index (χ4v) is 1.74. The number of para-hydroxylation sites is 1. The number of nitrogen functional groups attached to an aromatic ring is 1. The molecule has 0 saturated heterocycles. The van der Waals surface area contributed by atoms with E-state index in [-0.39, 0.29) is 11.6 Å². The largest absolute Gasteiger partial charge is 0.397 e. The zero-order valence-corrected chi connectivity index (χ0v) is 9.55. The van der Waals surface area contributed by atoms with Gasteiger partial charge >= 0.3 is 0 Å². The van der Waals surface area contributed by atoms with E-state index < -0.39 is 0 Å². The molecule has 0 aliphatic rings. The monoisotopic (exact) mass is 254 g/mol. The lowest BCUT2D eigenvalue weighted by Gasteiger charge is -2.05. The zero-order chi connectivity index (χ0) is 11.5. The Morgan fingerprint density at radius 1 is 1.50 bits per heavy atom. The van der Waals surface area contributed by atoms with Crippen LogP contribution in [0.3, 0.4) is 0 Å². The van der Waals surface area contributed by atoms with Crippen LogP contribution < -0.4 is 11.1 Å². The van der Waals surface area contributed by atoms with Crippen LogP contribution in [-0.2, 0) is 0 Å². The van der Waals surface area contributed by atoms with Crippen LogP contribution in [0.2, 0.25) is 5.02 Å². The Morgan fingerprint density at radius 2 is 2.31 bits per heavy atom. The predicted molar refractivity (Wildman–Crippen MR) is 63.7 cm³/mol. The Balaban J connectivity index is 2.24. The Hall–Kier alpha value is -1.66. The van der Waals surface area contributed by atoms with E-state index in [1.54, 1.807) is 18.2 Å². The van der Waals surface area contributed by atoms with Gasteiger partial charge in [0.15, 0.2) is 0 Å². The number of aromatic nitrogens is 2. The molecule has 1 aromatic carbocycles. The standard InChI is InChI=1S/C9H7ClN4OS/c10-6-3-1-2-5(7(6)11)8(15)13-9-14-12-4-16-9/h1-4H,11H2,(H,13,14,15). The van der Waals surface area contributed by atoms with E-state index in [4.69, 9.17) is 17.3 Å². The van der Waals surface area contributed by atoms with Gasteiger partial charge in [-0.1, -0.05) is 29.0 Å².